The third-order valence-electron chi connectivity index (χ3n) is 5.99. The Morgan fingerprint density at radius 2 is 1.82 bits per heavy atom. The highest BCUT2D eigenvalue weighted by atomic mass is 35.5. The van der Waals surface area contributed by atoms with Crippen molar-refractivity contribution in [2.24, 2.45) is 0 Å². The van der Waals surface area contributed by atoms with E-state index in [0.717, 1.165) is 24.0 Å². The number of methoxy groups -OCH3 is 2. The van der Waals surface area contributed by atoms with Crippen LogP contribution in [0, 0.1) is 0 Å². The number of amides is 1. The van der Waals surface area contributed by atoms with E-state index in [0.29, 0.717) is 65.4 Å². The Hall–Kier alpha value is -2.19. The van der Waals surface area contributed by atoms with Crippen molar-refractivity contribution in [2.75, 3.05) is 53.2 Å². The lowest BCUT2D eigenvalue weighted by atomic mass is 10.0. The van der Waals surface area contributed by atoms with Gasteiger partial charge in [-0.15, -0.1) is 0 Å². The molecule has 180 valence electrons. The minimum atomic E-state index is -0.814. The van der Waals surface area contributed by atoms with Crippen LogP contribution in [0.4, 0.5) is 5.69 Å². The highest BCUT2D eigenvalue weighted by Gasteiger charge is 2.23. The van der Waals surface area contributed by atoms with Crippen LogP contribution in [0.1, 0.15) is 29.2 Å². The van der Waals surface area contributed by atoms with Crippen LogP contribution in [0.5, 0.6) is 11.5 Å². The fraction of sp³-hybridized carbons (Fsp3) is 0.458. The van der Waals surface area contributed by atoms with Crippen LogP contribution in [-0.4, -0.2) is 68.3 Å². The molecule has 0 aromatic heterocycles. The number of hydrogen-bond acceptors (Lipinski definition) is 6. The van der Waals surface area contributed by atoms with Crippen molar-refractivity contribution in [1.29, 1.82) is 0 Å². The van der Waals surface area contributed by atoms with Gasteiger partial charge in [-0.05, 0) is 61.8 Å². The fourth-order valence-electron chi connectivity index (χ4n) is 4.15. The molecule has 0 fully saturated rings. The van der Waals surface area contributed by atoms with Crippen molar-refractivity contribution < 1.29 is 19.4 Å². The molecule has 1 amide bonds. The van der Waals surface area contributed by atoms with Gasteiger partial charge in [-0.2, -0.15) is 0 Å². The van der Waals surface area contributed by atoms with Crippen LogP contribution in [0.25, 0.3) is 0 Å². The summed E-state index contributed by atoms with van der Waals surface area (Å²) in [5.41, 5.74) is 8.95. The second-order valence-corrected chi connectivity index (χ2v) is 9.15. The number of hydrogen-bond donors (Lipinski definition) is 2. The number of ether oxygens (including phenoxy) is 2. The van der Waals surface area contributed by atoms with E-state index in [-0.39, 0.29) is 5.91 Å². The van der Waals surface area contributed by atoms with Gasteiger partial charge in [0.05, 0.1) is 37.5 Å². The zero-order valence-corrected chi connectivity index (χ0v) is 20.7. The number of carbonyl (C=O) groups is 1. The zero-order chi connectivity index (χ0) is 24.1. The predicted octanol–water partition coefficient (Wildman–Crippen LogP) is 3.58. The summed E-state index contributed by atoms with van der Waals surface area (Å²) in [6, 6.07) is 7.06. The third-order valence-corrected chi connectivity index (χ3v) is 6.52. The van der Waals surface area contributed by atoms with Gasteiger partial charge in [0.25, 0.3) is 0 Å². The largest absolute Gasteiger partial charge is 0.493 e. The van der Waals surface area contributed by atoms with Crippen LogP contribution in [0.3, 0.4) is 0 Å². The van der Waals surface area contributed by atoms with Crippen LogP contribution >= 0.6 is 23.2 Å². The first-order chi connectivity index (χ1) is 15.7. The normalized spacial score (nSPS) is 14.8. The van der Waals surface area contributed by atoms with Crippen molar-refractivity contribution in [3.63, 3.8) is 0 Å². The van der Waals surface area contributed by atoms with Crippen molar-refractivity contribution in [3.8, 4) is 11.5 Å². The van der Waals surface area contributed by atoms with Gasteiger partial charge in [-0.25, -0.2) is 0 Å². The van der Waals surface area contributed by atoms with Crippen LogP contribution in [0.2, 0.25) is 10.0 Å². The topological polar surface area (TPSA) is 88.3 Å². The van der Waals surface area contributed by atoms with Crippen molar-refractivity contribution in [1.82, 2.24) is 9.80 Å². The number of nitrogens with zero attached hydrogens (tertiary/aromatic N) is 2. The molecule has 1 aliphatic heterocycles. The number of halogens is 2. The number of aliphatic hydroxyl groups is 1. The van der Waals surface area contributed by atoms with Gasteiger partial charge >= 0.3 is 0 Å². The first-order valence-corrected chi connectivity index (χ1v) is 11.6. The Morgan fingerprint density at radius 3 is 2.48 bits per heavy atom. The Balaban J connectivity index is 1.53. The standard InChI is InChI=1S/C24H31Cl2N3O4/c1-28(14-20(30)18-12-17(25)13-19(26)24(18)27)6-4-7-29-8-5-15-9-21(32-2)22(33-3)10-16(15)11-23(29)31/h9-10,12-13,20,30H,4-8,11,14,27H2,1-3H3. The number of aliphatic hydroxyl groups excluding tert-OH is 1. The maximum Gasteiger partial charge on any atom is 0.227 e. The first kappa shape index (κ1) is 25.4. The summed E-state index contributed by atoms with van der Waals surface area (Å²) in [4.78, 5) is 16.7. The molecule has 3 rings (SSSR count). The molecule has 7 nitrogen and oxygen atoms in total. The summed E-state index contributed by atoms with van der Waals surface area (Å²) in [7, 11) is 5.13. The van der Waals surface area contributed by atoms with E-state index in [1.165, 1.54) is 0 Å². The Morgan fingerprint density at radius 1 is 1.15 bits per heavy atom. The molecular formula is C24H31Cl2N3O4. The highest BCUT2D eigenvalue weighted by Crippen LogP contribution is 2.33. The summed E-state index contributed by atoms with van der Waals surface area (Å²) >= 11 is 12.1. The van der Waals surface area contributed by atoms with Crippen LogP contribution < -0.4 is 15.2 Å². The predicted molar refractivity (Wildman–Crippen MR) is 131 cm³/mol. The molecule has 2 aromatic carbocycles. The summed E-state index contributed by atoms with van der Waals surface area (Å²) in [6.45, 7) is 2.39. The van der Waals surface area contributed by atoms with Gasteiger partial charge in [0.2, 0.25) is 5.91 Å². The Labute approximate surface area is 205 Å². The Kier molecular flexibility index (Phi) is 8.70. The maximum atomic E-state index is 12.8. The smallest absolute Gasteiger partial charge is 0.227 e. The minimum absolute atomic E-state index is 0.102. The second-order valence-electron chi connectivity index (χ2n) is 8.31. The van der Waals surface area contributed by atoms with Gasteiger partial charge in [0.1, 0.15) is 0 Å². The van der Waals surface area contributed by atoms with Gasteiger partial charge < -0.3 is 30.1 Å². The molecular weight excluding hydrogens is 465 g/mol. The average Bonchev–Trinajstić information content (AvgIpc) is 2.92. The molecule has 0 saturated carbocycles. The van der Waals surface area contributed by atoms with Crippen LogP contribution in [0.15, 0.2) is 24.3 Å². The fourth-order valence-corrected chi connectivity index (χ4v) is 4.66. The molecule has 1 unspecified atom stereocenters. The molecule has 0 bridgehead atoms. The molecule has 0 spiro atoms. The quantitative estimate of drug-likeness (QED) is 0.516. The first-order valence-electron chi connectivity index (χ1n) is 10.9. The summed E-state index contributed by atoms with van der Waals surface area (Å²) in [6.07, 6.45) is 1.08. The van der Waals surface area contributed by atoms with E-state index >= 15 is 0 Å². The number of likely N-dealkylation sites (N-methyl/N-ethyl adjacent to an activating group) is 1. The molecule has 2 aromatic rings. The molecule has 33 heavy (non-hydrogen) atoms. The SMILES string of the molecule is COc1cc2c(cc1OC)CC(=O)N(CCCN(C)CC(O)c1cc(Cl)cc(Cl)c1N)CC2. The average molecular weight is 496 g/mol. The molecule has 1 atom stereocenters. The number of nitrogen functional groups attached to an aromatic ring is 1. The lowest BCUT2D eigenvalue weighted by Gasteiger charge is -2.25. The zero-order valence-electron chi connectivity index (χ0n) is 19.2. The molecule has 0 saturated heterocycles. The van der Waals surface area contributed by atoms with Crippen molar-refractivity contribution >= 4 is 34.8 Å². The van der Waals surface area contributed by atoms with E-state index in [9.17, 15) is 9.90 Å². The van der Waals surface area contributed by atoms with E-state index < -0.39 is 6.10 Å². The number of rotatable bonds is 9. The van der Waals surface area contributed by atoms with Gasteiger partial charge in [0.15, 0.2) is 11.5 Å². The van der Waals surface area contributed by atoms with Gasteiger partial charge in [0, 0.05) is 30.2 Å². The molecule has 3 N–H and O–H groups in total. The second kappa shape index (κ2) is 11.3. The Bertz CT molecular complexity index is 1000. The lowest BCUT2D eigenvalue weighted by Crippen LogP contribution is -2.35. The van der Waals surface area contributed by atoms with Crippen LogP contribution in [-0.2, 0) is 17.6 Å². The number of nitrogens with two attached hydrogens (primary N) is 1. The van der Waals surface area contributed by atoms with Crippen molar-refractivity contribution in [3.05, 3.63) is 51.0 Å². The molecule has 1 aliphatic rings. The maximum absolute atomic E-state index is 12.8. The van der Waals surface area contributed by atoms with E-state index in [1.807, 2.05) is 29.0 Å². The molecule has 1 heterocycles. The summed E-state index contributed by atoms with van der Waals surface area (Å²) < 4.78 is 10.8. The molecule has 9 heteroatoms. The van der Waals surface area contributed by atoms with E-state index in [4.69, 9.17) is 38.4 Å². The lowest BCUT2D eigenvalue weighted by molar-refractivity contribution is -0.130. The van der Waals surface area contributed by atoms with Gasteiger partial charge in [-0.3, -0.25) is 4.79 Å². The summed E-state index contributed by atoms with van der Waals surface area (Å²) in [5, 5.41) is 11.4. The number of anilines is 1. The van der Waals surface area contributed by atoms with Crippen molar-refractivity contribution in [2.45, 2.75) is 25.4 Å². The van der Waals surface area contributed by atoms with Gasteiger partial charge in [-0.1, -0.05) is 23.2 Å². The summed E-state index contributed by atoms with van der Waals surface area (Å²) in [5.74, 6) is 1.42. The number of benzene rings is 2. The highest BCUT2D eigenvalue weighted by molar-refractivity contribution is 6.36. The number of carbonyl (C=O) groups excluding carboxylic acids is 1. The molecule has 0 aliphatic carbocycles. The number of fused-ring (bicyclic) bond motifs is 1. The molecule has 0 radical (unpaired) electrons. The third kappa shape index (κ3) is 6.23. The minimum Gasteiger partial charge on any atom is -0.493 e. The van der Waals surface area contributed by atoms with E-state index in [2.05, 4.69) is 0 Å². The van der Waals surface area contributed by atoms with E-state index in [1.54, 1.807) is 26.4 Å². The monoisotopic (exact) mass is 495 g/mol.